The number of nitrogens with zero attached hydrogens (tertiary/aromatic N) is 1. The van der Waals surface area contributed by atoms with E-state index in [0.29, 0.717) is 13.2 Å². The number of carboxylic acid groups (broad SMARTS) is 1. The molecule has 0 aliphatic carbocycles. The van der Waals surface area contributed by atoms with Gasteiger partial charge < -0.3 is 14.7 Å². The molecule has 1 aliphatic rings. The minimum Gasteiger partial charge on any atom is -0.481 e. The van der Waals surface area contributed by atoms with Crippen LogP contribution in [0.3, 0.4) is 0 Å². The van der Waals surface area contributed by atoms with Crippen molar-refractivity contribution in [2.24, 2.45) is 0 Å². The Morgan fingerprint density at radius 2 is 2.08 bits per heavy atom. The Morgan fingerprint density at radius 3 is 2.75 bits per heavy atom. The van der Waals surface area contributed by atoms with Crippen molar-refractivity contribution in [3.8, 4) is 0 Å². The summed E-state index contributed by atoms with van der Waals surface area (Å²) in [5.41, 5.74) is 0.138. The molecule has 1 aromatic rings. The molecule has 0 unspecified atom stereocenters. The van der Waals surface area contributed by atoms with Gasteiger partial charge in [-0.25, -0.2) is 8.78 Å². The Bertz CT molecular complexity index is 588. The first-order chi connectivity index (χ1) is 11.5. The third-order valence-corrected chi connectivity index (χ3v) is 4.01. The molecule has 0 aromatic heterocycles. The van der Waals surface area contributed by atoms with Gasteiger partial charge in [-0.1, -0.05) is 0 Å². The third-order valence-electron chi connectivity index (χ3n) is 4.01. The van der Waals surface area contributed by atoms with Gasteiger partial charge in [0.1, 0.15) is 11.6 Å². The zero-order valence-corrected chi connectivity index (χ0v) is 13.3. The summed E-state index contributed by atoms with van der Waals surface area (Å²) in [4.78, 5) is 24.6. The van der Waals surface area contributed by atoms with Crippen LogP contribution in [-0.4, -0.2) is 47.7 Å². The fourth-order valence-corrected chi connectivity index (χ4v) is 2.72. The average Bonchev–Trinajstić information content (AvgIpc) is 3.04. The SMILES string of the molecule is O=C(O)CCN(C[C@H]1CCCO1)C(=O)CCc1cc(F)ccc1F. The van der Waals surface area contributed by atoms with Crippen LogP contribution in [0.25, 0.3) is 0 Å². The molecule has 7 heteroatoms. The van der Waals surface area contributed by atoms with E-state index in [2.05, 4.69) is 0 Å². The van der Waals surface area contributed by atoms with Crippen LogP contribution in [0.1, 0.15) is 31.2 Å². The number of halogens is 2. The summed E-state index contributed by atoms with van der Waals surface area (Å²) in [5.74, 6) is -2.38. The van der Waals surface area contributed by atoms with Crippen molar-refractivity contribution in [1.29, 1.82) is 0 Å². The number of hydrogen-bond donors (Lipinski definition) is 1. The van der Waals surface area contributed by atoms with E-state index in [1.54, 1.807) is 0 Å². The van der Waals surface area contributed by atoms with Crippen molar-refractivity contribution < 1.29 is 28.2 Å². The van der Waals surface area contributed by atoms with Crippen molar-refractivity contribution in [1.82, 2.24) is 4.90 Å². The molecule has 0 radical (unpaired) electrons. The second-order valence-corrected chi connectivity index (χ2v) is 5.85. The first kappa shape index (κ1) is 18.3. The first-order valence-electron chi connectivity index (χ1n) is 8.01. The monoisotopic (exact) mass is 341 g/mol. The van der Waals surface area contributed by atoms with Crippen molar-refractivity contribution >= 4 is 11.9 Å². The van der Waals surface area contributed by atoms with Crippen LogP contribution in [0.4, 0.5) is 8.78 Å². The van der Waals surface area contributed by atoms with Crippen LogP contribution >= 0.6 is 0 Å². The van der Waals surface area contributed by atoms with Gasteiger partial charge >= 0.3 is 5.97 Å². The fourth-order valence-electron chi connectivity index (χ4n) is 2.72. The Kier molecular flexibility index (Phi) is 6.66. The maximum Gasteiger partial charge on any atom is 0.305 e. The molecule has 1 fully saturated rings. The summed E-state index contributed by atoms with van der Waals surface area (Å²) in [6.45, 7) is 1.05. The van der Waals surface area contributed by atoms with E-state index < -0.39 is 17.6 Å². The number of aliphatic carboxylic acids is 1. The first-order valence-corrected chi connectivity index (χ1v) is 8.01. The molecule has 2 rings (SSSR count). The molecule has 1 aromatic carbocycles. The summed E-state index contributed by atoms with van der Waals surface area (Å²) in [6, 6.07) is 3.13. The van der Waals surface area contributed by atoms with Crippen LogP contribution in [0.5, 0.6) is 0 Å². The molecule has 5 nitrogen and oxygen atoms in total. The number of carboxylic acids is 1. The molecule has 132 valence electrons. The van der Waals surface area contributed by atoms with Crippen LogP contribution in [0.2, 0.25) is 0 Å². The summed E-state index contributed by atoms with van der Waals surface area (Å²) < 4.78 is 32.3. The predicted molar refractivity (Wildman–Crippen MR) is 82.5 cm³/mol. The van der Waals surface area contributed by atoms with Crippen LogP contribution in [-0.2, 0) is 20.7 Å². The van der Waals surface area contributed by atoms with Gasteiger partial charge in [0.05, 0.1) is 12.5 Å². The lowest BCUT2D eigenvalue weighted by Gasteiger charge is -2.25. The summed E-state index contributed by atoms with van der Waals surface area (Å²) in [5, 5.41) is 8.82. The highest BCUT2D eigenvalue weighted by Gasteiger charge is 2.23. The number of ether oxygens (including phenoxy) is 1. The van der Waals surface area contributed by atoms with Crippen molar-refractivity contribution in [2.45, 2.75) is 38.2 Å². The molecular weight excluding hydrogens is 320 g/mol. The van der Waals surface area contributed by atoms with Gasteiger partial charge in [-0.05, 0) is 43.0 Å². The second kappa shape index (κ2) is 8.73. The molecule has 0 bridgehead atoms. The number of aryl methyl sites for hydroxylation is 1. The summed E-state index contributed by atoms with van der Waals surface area (Å²) in [6.07, 6.45) is 1.56. The number of rotatable bonds is 8. The minimum absolute atomic E-state index is 0.00723. The standard InChI is InChI=1S/C17H21F2NO4/c18-13-4-5-15(19)12(10-13)3-6-16(21)20(8-7-17(22)23)11-14-2-1-9-24-14/h4-5,10,14H,1-3,6-9,11H2,(H,22,23)/t14-/m1/s1. The molecular formula is C17H21F2NO4. The lowest BCUT2D eigenvalue weighted by atomic mass is 10.1. The number of carbonyl (C=O) groups excluding carboxylic acids is 1. The zero-order valence-electron chi connectivity index (χ0n) is 13.3. The lowest BCUT2D eigenvalue weighted by molar-refractivity contribution is -0.139. The minimum atomic E-state index is -0.990. The molecule has 24 heavy (non-hydrogen) atoms. The fraction of sp³-hybridized carbons (Fsp3) is 0.529. The molecule has 1 amide bonds. The number of benzene rings is 1. The van der Waals surface area contributed by atoms with Gasteiger partial charge in [0.2, 0.25) is 5.91 Å². The van der Waals surface area contributed by atoms with E-state index in [1.165, 1.54) is 4.90 Å². The van der Waals surface area contributed by atoms with E-state index in [9.17, 15) is 18.4 Å². The maximum absolute atomic E-state index is 13.6. The van der Waals surface area contributed by atoms with Gasteiger partial charge in [0.15, 0.2) is 0 Å². The second-order valence-electron chi connectivity index (χ2n) is 5.85. The van der Waals surface area contributed by atoms with Crippen molar-refractivity contribution in [3.63, 3.8) is 0 Å². The number of amides is 1. The van der Waals surface area contributed by atoms with E-state index in [-0.39, 0.29) is 43.4 Å². The van der Waals surface area contributed by atoms with Crippen LogP contribution in [0, 0.1) is 11.6 Å². The Morgan fingerprint density at radius 1 is 1.29 bits per heavy atom. The Balaban J connectivity index is 1.94. The summed E-state index contributed by atoms with van der Waals surface area (Å²) in [7, 11) is 0. The highest BCUT2D eigenvalue weighted by molar-refractivity contribution is 5.77. The molecule has 1 N–H and O–H groups in total. The number of hydrogen-bond acceptors (Lipinski definition) is 3. The largest absolute Gasteiger partial charge is 0.481 e. The van der Waals surface area contributed by atoms with Crippen LogP contribution < -0.4 is 0 Å². The molecule has 0 spiro atoms. The quantitative estimate of drug-likeness (QED) is 0.788. The van der Waals surface area contributed by atoms with E-state index in [0.717, 1.165) is 31.0 Å². The zero-order chi connectivity index (χ0) is 17.5. The van der Waals surface area contributed by atoms with E-state index in [1.807, 2.05) is 0 Å². The smallest absolute Gasteiger partial charge is 0.305 e. The predicted octanol–water partition coefficient (Wildman–Crippen LogP) is 2.38. The number of carbonyl (C=O) groups is 2. The van der Waals surface area contributed by atoms with Crippen molar-refractivity contribution in [3.05, 3.63) is 35.4 Å². The van der Waals surface area contributed by atoms with Gasteiger partial charge in [0, 0.05) is 26.1 Å². The average molecular weight is 341 g/mol. The van der Waals surface area contributed by atoms with E-state index >= 15 is 0 Å². The van der Waals surface area contributed by atoms with Gasteiger partial charge in [0.25, 0.3) is 0 Å². The Hall–Kier alpha value is -2.02. The normalized spacial score (nSPS) is 17.0. The third kappa shape index (κ3) is 5.56. The lowest BCUT2D eigenvalue weighted by Crippen LogP contribution is -2.39. The van der Waals surface area contributed by atoms with Crippen LogP contribution in [0.15, 0.2) is 18.2 Å². The maximum atomic E-state index is 13.6. The molecule has 1 heterocycles. The van der Waals surface area contributed by atoms with Crippen molar-refractivity contribution in [2.75, 3.05) is 19.7 Å². The molecule has 1 aliphatic heterocycles. The highest BCUT2D eigenvalue weighted by atomic mass is 19.1. The van der Waals surface area contributed by atoms with Gasteiger partial charge in [-0.15, -0.1) is 0 Å². The van der Waals surface area contributed by atoms with E-state index in [4.69, 9.17) is 9.84 Å². The summed E-state index contributed by atoms with van der Waals surface area (Å²) >= 11 is 0. The van der Waals surface area contributed by atoms with Gasteiger partial charge in [-0.2, -0.15) is 0 Å². The van der Waals surface area contributed by atoms with Gasteiger partial charge in [-0.3, -0.25) is 9.59 Å². The topological polar surface area (TPSA) is 66.8 Å². The molecule has 1 saturated heterocycles. The highest BCUT2D eigenvalue weighted by Crippen LogP contribution is 2.16. The molecule has 1 atom stereocenters. The Labute approximate surface area is 139 Å². The molecule has 0 saturated carbocycles.